The first-order valence-corrected chi connectivity index (χ1v) is 9.67. The van der Waals surface area contributed by atoms with E-state index in [0.29, 0.717) is 5.69 Å². The molecule has 162 valence electrons. The lowest BCUT2D eigenvalue weighted by Gasteiger charge is -2.25. The summed E-state index contributed by atoms with van der Waals surface area (Å²) < 4.78 is 0. The molecule has 0 spiro atoms. The molecule has 0 aliphatic heterocycles. The highest BCUT2D eigenvalue weighted by molar-refractivity contribution is 7.80. The summed E-state index contributed by atoms with van der Waals surface area (Å²) >= 11 is 3.89. The summed E-state index contributed by atoms with van der Waals surface area (Å²) in [6.45, 7) is 4.86. The number of thiol groups is 1. The summed E-state index contributed by atoms with van der Waals surface area (Å²) in [6.07, 6.45) is 3.23. The number of carbonyl (C=O) groups excluding carboxylic acids is 3. The minimum Gasteiger partial charge on any atom is -0.480 e. The molecule has 0 aliphatic rings. The molecule has 0 radical (unpaired) electrons. The number of aliphatic carboxylic acids is 1. The average Bonchev–Trinajstić information content (AvgIpc) is 3.15. The van der Waals surface area contributed by atoms with Gasteiger partial charge in [0.2, 0.25) is 17.7 Å². The molecule has 0 aliphatic carbocycles. The number of carboxylic acids is 1. The van der Waals surface area contributed by atoms with Crippen LogP contribution in [0.15, 0.2) is 12.5 Å². The van der Waals surface area contributed by atoms with Crippen molar-refractivity contribution in [2.75, 3.05) is 5.75 Å². The number of H-pyrrole nitrogens is 1. The number of carbonyl (C=O) groups is 4. The molecular weight excluding hydrogens is 400 g/mol. The van der Waals surface area contributed by atoms with E-state index in [1.165, 1.54) is 13.3 Å². The second kappa shape index (κ2) is 11.4. The van der Waals surface area contributed by atoms with E-state index in [2.05, 4.69) is 38.5 Å². The fraction of sp³-hybridized carbons (Fsp3) is 0.588. The zero-order valence-electron chi connectivity index (χ0n) is 16.5. The number of nitrogens with zero attached hydrogens (tertiary/aromatic N) is 1. The van der Waals surface area contributed by atoms with Gasteiger partial charge in [-0.15, -0.1) is 0 Å². The first-order valence-electron chi connectivity index (χ1n) is 9.04. The van der Waals surface area contributed by atoms with Gasteiger partial charge in [0, 0.05) is 24.1 Å². The van der Waals surface area contributed by atoms with Crippen LogP contribution in [0.1, 0.15) is 26.5 Å². The molecule has 1 rings (SSSR count). The first-order chi connectivity index (χ1) is 13.6. The van der Waals surface area contributed by atoms with Gasteiger partial charge in [0.05, 0.1) is 12.4 Å². The smallest absolute Gasteiger partial charge is 0.327 e. The summed E-state index contributed by atoms with van der Waals surface area (Å²) in [5.41, 5.74) is 6.51. The normalized spacial score (nSPS) is 15.1. The van der Waals surface area contributed by atoms with E-state index in [1.54, 1.807) is 20.0 Å². The SMILES string of the molecule is CC(NC(=O)C(N)Cc1cnc[nH]1)C(=O)NC(C(=O)NC(CS)C(=O)O)C(C)C. The summed E-state index contributed by atoms with van der Waals surface area (Å²) in [5, 5.41) is 16.4. The molecule has 0 aromatic carbocycles. The second-order valence-electron chi connectivity index (χ2n) is 6.93. The van der Waals surface area contributed by atoms with E-state index in [4.69, 9.17) is 10.8 Å². The molecule has 0 saturated heterocycles. The van der Waals surface area contributed by atoms with E-state index in [0.717, 1.165) is 0 Å². The summed E-state index contributed by atoms with van der Waals surface area (Å²) in [7, 11) is 0. The van der Waals surface area contributed by atoms with Gasteiger partial charge in [-0.3, -0.25) is 14.4 Å². The van der Waals surface area contributed by atoms with Gasteiger partial charge < -0.3 is 31.8 Å². The molecule has 1 aromatic rings. The fourth-order valence-corrected chi connectivity index (χ4v) is 2.62. The lowest BCUT2D eigenvalue weighted by Crippen LogP contribution is -2.58. The highest BCUT2D eigenvalue weighted by atomic mass is 32.1. The van der Waals surface area contributed by atoms with Crippen LogP contribution in [0, 0.1) is 5.92 Å². The van der Waals surface area contributed by atoms with Crippen molar-refractivity contribution < 1.29 is 24.3 Å². The second-order valence-corrected chi connectivity index (χ2v) is 7.30. The molecule has 4 atom stereocenters. The molecule has 1 aromatic heterocycles. The molecule has 0 bridgehead atoms. The molecule has 7 N–H and O–H groups in total. The van der Waals surface area contributed by atoms with Crippen LogP contribution in [0.3, 0.4) is 0 Å². The predicted octanol–water partition coefficient (Wildman–Crippen LogP) is -1.58. The Hall–Kier alpha value is -2.60. The zero-order valence-corrected chi connectivity index (χ0v) is 17.4. The van der Waals surface area contributed by atoms with Gasteiger partial charge in [-0.05, 0) is 12.8 Å². The number of imidazole rings is 1. The summed E-state index contributed by atoms with van der Waals surface area (Å²) in [5.74, 6) is -3.43. The standard InChI is InChI=1S/C17H28N6O5S/c1-8(2)13(16(26)22-12(6-29)17(27)28)23-14(24)9(3)21-15(25)11(18)4-10-5-19-7-20-10/h5,7-9,11-13,29H,4,6,18H2,1-3H3,(H,19,20)(H,21,25)(H,22,26)(H,23,24)(H,27,28). The average molecular weight is 429 g/mol. The Morgan fingerprint density at radius 2 is 1.79 bits per heavy atom. The third-order valence-corrected chi connectivity index (χ3v) is 4.49. The van der Waals surface area contributed by atoms with Crippen LogP contribution in [-0.4, -0.2) is 68.7 Å². The Morgan fingerprint density at radius 1 is 1.14 bits per heavy atom. The van der Waals surface area contributed by atoms with Crippen LogP contribution in [0.5, 0.6) is 0 Å². The van der Waals surface area contributed by atoms with Gasteiger partial charge in [0.15, 0.2) is 0 Å². The van der Waals surface area contributed by atoms with Gasteiger partial charge >= 0.3 is 5.97 Å². The fourth-order valence-electron chi connectivity index (χ4n) is 2.37. The molecule has 0 saturated carbocycles. The Bertz CT molecular complexity index is 711. The van der Waals surface area contributed by atoms with Gasteiger partial charge in [0.25, 0.3) is 0 Å². The quantitative estimate of drug-likeness (QED) is 0.208. The lowest BCUT2D eigenvalue weighted by atomic mass is 10.0. The summed E-state index contributed by atoms with van der Waals surface area (Å²) in [6, 6.07) is -4.00. The van der Waals surface area contributed by atoms with Gasteiger partial charge in [-0.1, -0.05) is 13.8 Å². The van der Waals surface area contributed by atoms with Crippen molar-refractivity contribution in [3.8, 4) is 0 Å². The minimum atomic E-state index is -1.23. The molecule has 1 heterocycles. The van der Waals surface area contributed by atoms with Crippen molar-refractivity contribution in [1.29, 1.82) is 0 Å². The third kappa shape index (κ3) is 7.74. The number of amides is 3. The maximum Gasteiger partial charge on any atom is 0.327 e. The largest absolute Gasteiger partial charge is 0.480 e. The number of hydrogen-bond donors (Lipinski definition) is 7. The molecule has 0 fully saturated rings. The van der Waals surface area contributed by atoms with Crippen LogP contribution in [0.4, 0.5) is 0 Å². The van der Waals surface area contributed by atoms with Gasteiger partial charge in [0.1, 0.15) is 18.1 Å². The van der Waals surface area contributed by atoms with Gasteiger partial charge in [-0.25, -0.2) is 9.78 Å². The van der Waals surface area contributed by atoms with Gasteiger partial charge in [-0.2, -0.15) is 12.6 Å². The van der Waals surface area contributed by atoms with Crippen LogP contribution in [0.25, 0.3) is 0 Å². The maximum absolute atomic E-state index is 12.4. The first kappa shape index (κ1) is 24.4. The number of rotatable bonds is 11. The predicted molar refractivity (Wildman–Crippen MR) is 108 cm³/mol. The van der Waals surface area contributed by atoms with Crippen LogP contribution in [0.2, 0.25) is 0 Å². The van der Waals surface area contributed by atoms with Crippen molar-refractivity contribution in [3.63, 3.8) is 0 Å². The third-order valence-electron chi connectivity index (χ3n) is 4.13. The number of nitrogens with two attached hydrogens (primary N) is 1. The van der Waals surface area contributed by atoms with Crippen molar-refractivity contribution in [2.45, 2.75) is 51.4 Å². The minimum absolute atomic E-state index is 0.0967. The highest BCUT2D eigenvalue weighted by Gasteiger charge is 2.30. The maximum atomic E-state index is 12.4. The monoisotopic (exact) mass is 428 g/mol. The molecular formula is C17H28N6O5S. The highest BCUT2D eigenvalue weighted by Crippen LogP contribution is 2.04. The Labute approximate surface area is 174 Å². The molecule has 3 amide bonds. The van der Waals surface area contributed by atoms with E-state index in [9.17, 15) is 19.2 Å². The molecule has 29 heavy (non-hydrogen) atoms. The van der Waals surface area contributed by atoms with Crippen LogP contribution >= 0.6 is 12.6 Å². The molecule has 12 heteroatoms. The van der Waals surface area contributed by atoms with E-state index in [-0.39, 0.29) is 18.1 Å². The van der Waals surface area contributed by atoms with E-state index >= 15 is 0 Å². The number of aromatic amines is 1. The van der Waals surface area contributed by atoms with Crippen molar-refractivity contribution in [2.24, 2.45) is 11.7 Å². The number of aromatic nitrogens is 2. The Balaban J connectivity index is 2.65. The molecule has 4 unspecified atom stereocenters. The van der Waals surface area contributed by atoms with E-state index in [1.807, 2.05) is 0 Å². The Kier molecular flexibility index (Phi) is 9.62. The topological polar surface area (TPSA) is 179 Å². The lowest BCUT2D eigenvalue weighted by molar-refractivity contribution is -0.142. The Morgan fingerprint density at radius 3 is 2.28 bits per heavy atom. The van der Waals surface area contributed by atoms with Crippen LogP contribution in [-0.2, 0) is 25.6 Å². The van der Waals surface area contributed by atoms with Crippen molar-refractivity contribution >= 4 is 36.3 Å². The summed E-state index contributed by atoms with van der Waals surface area (Å²) in [4.78, 5) is 54.8. The number of carboxylic acid groups (broad SMARTS) is 1. The zero-order chi connectivity index (χ0) is 22.1. The van der Waals surface area contributed by atoms with E-state index < -0.39 is 47.9 Å². The molecule has 11 nitrogen and oxygen atoms in total. The van der Waals surface area contributed by atoms with Crippen molar-refractivity contribution in [3.05, 3.63) is 18.2 Å². The van der Waals surface area contributed by atoms with Crippen LogP contribution < -0.4 is 21.7 Å². The number of hydrogen-bond acceptors (Lipinski definition) is 7. The van der Waals surface area contributed by atoms with Crippen molar-refractivity contribution in [1.82, 2.24) is 25.9 Å². The number of nitrogens with one attached hydrogen (secondary N) is 4.